The molecule has 2 saturated heterocycles. The molecule has 2 aliphatic heterocycles. The van der Waals surface area contributed by atoms with E-state index in [4.69, 9.17) is 0 Å². The predicted molar refractivity (Wildman–Crippen MR) is 124 cm³/mol. The molecule has 4 rings (SSSR count). The van der Waals surface area contributed by atoms with Crippen LogP contribution in [0, 0.1) is 11.8 Å². The Labute approximate surface area is 185 Å². The molecule has 31 heavy (non-hydrogen) atoms. The van der Waals surface area contributed by atoms with Gasteiger partial charge in [0.15, 0.2) is 5.03 Å². The van der Waals surface area contributed by atoms with Gasteiger partial charge in [-0.25, -0.2) is 23.1 Å². The first-order valence-electron chi connectivity index (χ1n) is 11.1. The number of nitrogens with one attached hydrogen (secondary N) is 1. The molecule has 2 fully saturated rings. The zero-order chi connectivity index (χ0) is 22.2. The third-order valence-electron chi connectivity index (χ3n) is 6.38. The lowest BCUT2D eigenvalue weighted by Gasteiger charge is -2.34. The molecule has 2 unspecified atom stereocenters. The van der Waals surface area contributed by atoms with Crippen LogP contribution in [-0.2, 0) is 16.6 Å². The Morgan fingerprint density at radius 2 is 1.94 bits per heavy atom. The molecule has 0 aromatic carbocycles. The van der Waals surface area contributed by atoms with E-state index in [1.807, 2.05) is 18.2 Å². The van der Waals surface area contributed by atoms with Gasteiger partial charge in [0.25, 0.3) is 10.0 Å². The summed E-state index contributed by atoms with van der Waals surface area (Å²) in [5, 5.41) is 0.0603. The molecule has 2 aromatic heterocycles. The van der Waals surface area contributed by atoms with Crippen molar-refractivity contribution < 1.29 is 8.42 Å². The number of hydrogen-bond acceptors (Lipinski definition) is 6. The lowest BCUT2D eigenvalue weighted by molar-refractivity contribution is 0.485. The fourth-order valence-corrected chi connectivity index (χ4v) is 5.86. The lowest BCUT2D eigenvalue weighted by atomic mass is 9.97. The van der Waals surface area contributed by atoms with Crippen molar-refractivity contribution in [2.24, 2.45) is 11.8 Å². The SMILES string of the molecule is CC1CCN(c2cccc(S(=O)(=O)NCc3cccnc3N3CC(C)CC3(C)C)n2)C1. The molecule has 7 nitrogen and oxygen atoms in total. The first-order chi connectivity index (χ1) is 14.7. The van der Waals surface area contributed by atoms with Gasteiger partial charge in [0, 0.05) is 43.5 Å². The van der Waals surface area contributed by atoms with Crippen molar-refractivity contribution in [3.05, 3.63) is 42.1 Å². The highest BCUT2D eigenvalue weighted by atomic mass is 32.2. The van der Waals surface area contributed by atoms with Crippen LogP contribution in [0.15, 0.2) is 41.6 Å². The number of nitrogens with zero attached hydrogens (tertiary/aromatic N) is 4. The monoisotopic (exact) mass is 443 g/mol. The Balaban J connectivity index is 1.52. The summed E-state index contributed by atoms with van der Waals surface area (Å²) in [6.45, 7) is 11.8. The summed E-state index contributed by atoms with van der Waals surface area (Å²) in [4.78, 5) is 13.5. The van der Waals surface area contributed by atoms with Crippen molar-refractivity contribution >= 4 is 21.7 Å². The molecule has 0 radical (unpaired) electrons. The highest BCUT2D eigenvalue weighted by Crippen LogP contribution is 2.37. The molecule has 0 bridgehead atoms. The van der Waals surface area contributed by atoms with Crippen molar-refractivity contribution in [1.82, 2.24) is 14.7 Å². The highest BCUT2D eigenvalue weighted by molar-refractivity contribution is 7.89. The van der Waals surface area contributed by atoms with E-state index in [0.29, 0.717) is 11.8 Å². The number of anilines is 2. The number of aromatic nitrogens is 2. The van der Waals surface area contributed by atoms with E-state index >= 15 is 0 Å². The summed E-state index contributed by atoms with van der Waals surface area (Å²) in [6, 6.07) is 9.00. The molecule has 1 N–H and O–H groups in total. The van der Waals surface area contributed by atoms with E-state index in [1.165, 1.54) is 0 Å². The second-order valence-electron chi connectivity index (χ2n) is 9.72. The van der Waals surface area contributed by atoms with Crippen molar-refractivity contribution in [1.29, 1.82) is 0 Å². The van der Waals surface area contributed by atoms with Crippen LogP contribution in [0.3, 0.4) is 0 Å². The van der Waals surface area contributed by atoms with Crippen LogP contribution in [0.4, 0.5) is 11.6 Å². The van der Waals surface area contributed by atoms with E-state index < -0.39 is 10.0 Å². The summed E-state index contributed by atoms with van der Waals surface area (Å²) in [5.74, 6) is 2.75. The third-order valence-corrected chi connectivity index (χ3v) is 7.68. The number of pyridine rings is 2. The molecule has 168 valence electrons. The first kappa shape index (κ1) is 22.0. The topological polar surface area (TPSA) is 78.4 Å². The number of rotatable bonds is 6. The largest absolute Gasteiger partial charge is 0.356 e. The number of sulfonamides is 1. The normalized spacial score (nSPS) is 23.5. The molecule has 2 aromatic rings. The zero-order valence-corrected chi connectivity index (χ0v) is 19.7. The lowest BCUT2D eigenvalue weighted by Crippen LogP contribution is -2.39. The standard InChI is InChI=1S/C23H33N5O2S/c1-17-10-12-27(15-17)20-8-5-9-21(26-20)31(29,30)25-14-19-7-6-11-24-22(19)28-16-18(2)13-23(28,3)4/h5-9,11,17-18,25H,10,12-16H2,1-4H3. The van der Waals surface area contributed by atoms with Crippen LogP contribution in [0.2, 0.25) is 0 Å². The van der Waals surface area contributed by atoms with Crippen molar-refractivity contribution in [3.63, 3.8) is 0 Å². The summed E-state index contributed by atoms with van der Waals surface area (Å²) in [5.41, 5.74) is 0.863. The molecular weight excluding hydrogens is 410 g/mol. The average molecular weight is 444 g/mol. The summed E-state index contributed by atoms with van der Waals surface area (Å²) < 4.78 is 28.8. The Kier molecular flexibility index (Phi) is 5.96. The van der Waals surface area contributed by atoms with E-state index in [1.54, 1.807) is 18.3 Å². The van der Waals surface area contributed by atoms with Gasteiger partial charge in [0.05, 0.1) is 0 Å². The van der Waals surface area contributed by atoms with Gasteiger partial charge in [-0.2, -0.15) is 0 Å². The minimum atomic E-state index is -3.74. The van der Waals surface area contributed by atoms with Crippen LogP contribution in [0.5, 0.6) is 0 Å². The molecule has 2 atom stereocenters. The van der Waals surface area contributed by atoms with Gasteiger partial charge in [-0.1, -0.05) is 26.0 Å². The maximum Gasteiger partial charge on any atom is 0.258 e. The minimum Gasteiger partial charge on any atom is -0.356 e. The quantitative estimate of drug-likeness (QED) is 0.737. The maximum atomic E-state index is 13.0. The van der Waals surface area contributed by atoms with Gasteiger partial charge < -0.3 is 9.80 Å². The maximum absolute atomic E-state index is 13.0. The Morgan fingerprint density at radius 1 is 1.13 bits per heavy atom. The van der Waals surface area contributed by atoms with Gasteiger partial charge in [-0.15, -0.1) is 0 Å². The molecule has 0 aliphatic carbocycles. The Bertz CT molecular complexity index is 1040. The average Bonchev–Trinajstić information content (AvgIpc) is 3.28. The number of hydrogen-bond donors (Lipinski definition) is 1. The van der Waals surface area contributed by atoms with Crippen LogP contribution >= 0.6 is 0 Å². The summed E-state index contributed by atoms with van der Waals surface area (Å²) >= 11 is 0. The second kappa shape index (κ2) is 8.39. The molecule has 0 spiro atoms. The first-order valence-corrected chi connectivity index (χ1v) is 12.6. The van der Waals surface area contributed by atoms with Gasteiger partial charge in [-0.05, 0) is 56.7 Å². The fraction of sp³-hybridized carbons (Fsp3) is 0.565. The molecule has 0 saturated carbocycles. The Hall–Kier alpha value is -2.19. The van der Waals surface area contributed by atoms with Crippen LogP contribution in [0.1, 0.15) is 46.1 Å². The van der Waals surface area contributed by atoms with Gasteiger partial charge in [-0.3, -0.25) is 0 Å². The van der Waals surface area contributed by atoms with E-state index in [0.717, 1.165) is 49.7 Å². The van der Waals surface area contributed by atoms with Crippen molar-refractivity contribution in [2.75, 3.05) is 29.4 Å². The van der Waals surface area contributed by atoms with Crippen molar-refractivity contribution in [2.45, 2.75) is 57.6 Å². The van der Waals surface area contributed by atoms with Gasteiger partial charge in [0.2, 0.25) is 0 Å². The molecule has 8 heteroatoms. The molecule has 0 amide bonds. The van der Waals surface area contributed by atoms with Crippen LogP contribution in [0.25, 0.3) is 0 Å². The summed E-state index contributed by atoms with van der Waals surface area (Å²) in [6.07, 6.45) is 3.96. The van der Waals surface area contributed by atoms with Gasteiger partial charge >= 0.3 is 0 Å². The molecule has 2 aliphatic rings. The molecule has 4 heterocycles. The van der Waals surface area contributed by atoms with E-state index in [-0.39, 0.29) is 17.1 Å². The van der Waals surface area contributed by atoms with Gasteiger partial charge in [0.1, 0.15) is 11.6 Å². The van der Waals surface area contributed by atoms with E-state index in [9.17, 15) is 8.42 Å². The van der Waals surface area contributed by atoms with Crippen LogP contribution in [-0.4, -0.2) is 43.6 Å². The predicted octanol–water partition coefficient (Wildman–Crippen LogP) is 3.43. The zero-order valence-electron chi connectivity index (χ0n) is 18.9. The smallest absolute Gasteiger partial charge is 0.258 e. The minimum absolute atomic E-state index is 0.00977. The molecular formula is C23H33N5O2S. The highest BCUT2D eigenvalue weighted by Gasteiger charge is 2.38. The summed E-state index contributed by atoms with van der Waals surface area (Å²) in [7, 11) is -3.74. The fourth-order valence-electron chi connectivity index (χ4n) is 4.89. The van der Waals surface area contributed by atoms with Crippen molar-refractivity contribution in [3.8, 4) is 0 Å². The third kappa shape index (κ3) is 4.70. The van der Waals surface area contributed by atoms with Crippen LogP contribution < -0.4 is 14.5 Å². The second-order valence-corrected chi connectivity index (χ2v) is 11.4. The van der Waals surface area contributed by atoms with E-state index in [2.05, 4.69) is 52.2 Å². The Morgan fingerprint density at radius 3 is 2.61 bits per heavy atom.